The van der Waals surface area contributed by atoms with E-state index in [2.05, 4.69) is 10.3 Å². The van der Waals surface area contributed by atoms with Crippen molar-refractivity contribution in [2.75, 3.05) is 12.1 Å². The van der Waals surface area contributed by atoms with E-state index < -0.39 is 5.41 Å². The van der Waals surface area contributed by atoms with Crippen molar-refractivity contribution < 1.29 is 14.3 Å². The summed E-state index contributed by atoms with van der Waals surface area (Å²) in [6.45, 7) is 0.729. The average molecular weight is 387 g/mol. The number of hydrogen-bond donors (Lipinski definition) is 2. The highest BCUT2D eigenvalue weighted by Crippen LogP contribution is 2.51. The van der Waals surface area contributed by atoms with E-state index in [9.17, 15) is 4.79 Å². The summed E-state index contributed by atoms with van der Waals surface area (Å²) in [5, 5.41) is 3.00. The Bertz CT molecular complexity index is 1070. The van der Waals surface area contributed by atoms with E-state index in [4.69, 9.17) is 15.2 Å². The van der Waals surface area contributed by atoms with Crippen LogP contribution in [0.1, 0.15) is 24.0 Å². The van der Waals surface area contributed by atoms with Crippen molar-refractivity contribution in [1.82, 2.24) is 4.98 Å². The fraction of sp³-hybridized carbons (Fsp3) is 0.217. The van der Waals surface area contributed by atoms with E-state index in [1.165, 1.54) is 0 Å². The molecule has 0 bridgehead atoms. The summed E-state index contributed by atoms with van der Waals surface area (Å²) in [6, 6.07) is 19.3. The standard InChI is InChI=1S/C23H21N3O3/c24-13-15-4-6-16(7-5-15)18-2-1-3-21(25-18)26-22(27)23(10-11-23)17-8-9-19-20(12-17)29-14-28-19/h1-9,12H,10-11,13-14,24H2,(H,25,26,27). The monoisotopic (exact) mass is 387 g/mol. The van der Waals surface area contributed by atoms with Crippen LogP contribution in [0, 0.1) is 0 Å². The fourth-order valence-corrected chi connectivity index (χ4v) is 3.68. The molecule has 1 fully saturated rings. The number of nitrogens with zero attached hydrogens (tertiary/aromatic N) is 1. The van der Waals surface area contributed by atoms with Gasteiger partial charge in [-0.25, -0.2) is 4.98 Å². The minimum Gasteiger partial charge on any atom is -0.454 e. The summed E-state index contributed by atoms with van der Waals surface area (Å²) >= 11 is 0. The van der Waals surface area contributed by atoms with E-state index in [-0.39, 0.29) is 12.7 Å². The maximum Gasteiger partial charge on any atom is 0.236 e. The first-order chi connectivity index (χ1) is 14.2. The van der Waals surface area contributed by atoms with Crippen LogP contribution >= 0.6 is 0 Å². The van der Waals surface area contributed by atoms with Crippen molar-refractivity contribution in [3.63, 3.8) is 0 Å². The molecule has 0 saturated heterocycles. The van der Waals surface area contributed by atoms with Gasteiger partial charge in [-0.05, 0) is 48.2 Å². The molecule has 3 aromatic rings. The van der Waals surface area contributed by atoms with Gasteiger partial charge < -0.3 is 20.5 Å². The molecule has 2 aliphatic rings. The van der Waals surface area contributed by atoms with E-state index in [1.807, 2.05) is 60.7 Å². The third-order valence-electron chi connectivity index (χ3n) is 5.59. The lowest BCUT2D eigenvalue weighted by Gasteiger charge is -2.16. The Labute approximate surface area is 168 Å². The van der Waals surface area contributed by atoms with Gasteiger partial charge >= 0.3 is 0 Å². The Balaban J connectivity index is 1.37. The van der Waals surface area contributed by atoms with Gasteiger partial charge in [-0.3, -0.25) is 4.79 Å². The molecule has 0 spiro atoms. The molecule has 1 amide bonds. The third kappa shape index (κ3) is 3.21. The van der Waals surface area contributed by atoms with Crippen LogP contribution in [-0.2, 0) is 16.8 Å². The molecule has 1 aliphatic carbocycles. The van der Waals surface area contributed by atoms with Crippen molar-refractivity contribution in [3.8, 4) is 22.8 Å². The lowest BCUT2D eigenvalue weighted by atomic mass is 9.94. The molecule has 6 heteroatoms. The van der Waals surface area contributed by atoms with Gasteiger partial charge in [-0.1, -0.05) is 36.4 Å². The average Bonchev–Trinajstić information content (AvgIpc) is 3.45. The van der Waals surface area contributed by atoms with Gasteiger partial charge in [0, 0.05) is 12.1 Å². The van der Waals surface area contributed by atoms with Crippen LogP contribution in [0.5, 0.6) is 11.5 Å². The minimum absolute atomic E-state index is 0.0421. The Hall–Kier alpha value is -3.38. The lowest BCUT2D eigenvalue weighted by Crippen LogP contribution is -2.28. The minimum atomic E-state index is -0.526. The predicted molar refractivity (Wildman–Crippen MR) is 110 cm³/mol. The van der Waals surface area contributed by atoms with Gasteiger partial charge in [-0.2, -0.15) is 0 Å². The number of amides is 1. The molecule has 0 atom stereocenters. The number of nitrogens with two attached hydrogens (primary N) is 1. The summed E-state index contributed by atoms with van der Waals surface area (Å²) in [5.74, 6) is 1.92. The van der Waals surface area contributed by atoms with E-state index in [1.54, 1.807) is 0 Å². The molecule has 2 aromatic carbocycles. The molecule has 0 radical (unpaired) electrons. The number of carbonyl (C=O) groups excluding carboxylic acids is 1. The summed E-state index contributed by atoms with van der Waals surface area (Å²) in [7, 11) is 0. The van der Waals surface area contributed by atoms with Crippen molar-refractivity contribution in [2.24, 2.45) is 5.73 Å². The highest BCUT2D eigenvalue weighted by molar-refractivity contribution is 6.01. The molecule has 29 heavy (non-hydrogen) atoms. The largest absolute Gasteiger partial charge is 0.454 e. The Morgan fingerprint density at radius 2 is 1.83 bits per heavy atom. The number of carbonyl (C=O) groups is 1. The Kier molecular flexibility index (Phi) is 4.21. The lowest BCUT2D eigenvalue weighted by molar-refractivity contribution is -0.118. The highest BCUT2D eigenvalue weighted by Gasteiger charge is 2.51. The van der Waals surface area contributed by atoms with Crippen LogP contribution < -0.4 is 20.5 Å². The number of hydrogen-bond acceptors (Lipinski definition) is 5. The zero-order chi connectivity index (χ0) is 19.8. The second-order valence-electron chi connectivity index (χ2n) is 7.41. The Morgan fingerprint density at radius 3 is 2.59 bits per heavy atom. The van der Waals surface area contributed by atoms with Crippen LogP contribution in [0.2, 0.25) is 0 Å². The van der Waals surface area contributed by atoms with E-state index >= 15 is 0 Å². The van der Waals surface area contributed by atoms with Crippen molar-refractivity contribution >= 4 is 11.7 Å². The van der Waals surface area contributed by atoms with Crippen molar-refractivity contribution in [1.29, 1.82) is 0 Å². The van der Waals surface area contributed by atoms with Crippen molar-refractivity contribution in [2.45, 2.75) is 24.8 Å². The fourth-order valence-electron chi connectivity index (χ4n) is 3.68. The molecular formula is C23H21N3O3. The number of aromatic nitrogens is 1. The summed E-state index contributed by atoms with van der Waals surface area (Å²) in [4.78, 5) is 17.7. The summed E-state index contributed by atoms with van der Waals surface area (Å²) in [6.07, 6.45) is 1.61. The van der Waals surface area contributed by atoms with Gasteiger partial charge in [0.15, 0.2) is 11.5 Å². The molecule has 3 N–H and O–H groups in total. The molecule has 6 nitrogen and oxygen atoms in total. The number of pyridine rings is 1. The molecule has 2 heterocycles. The normalized spacial score (nSPS) is 15.8. The first kappa shape index (κ1) is 17.7. The van der Waals surface area contributed by atoms with Gasteiger partial charge in [0.1, 0.15) is 5.82 Å². The first-order valence-corrected chi connectivity index (χ1v) is 9.66. The van der Waals surface area contributed by atoms with Crippen LogP contribution in [0.15, 0.2) is 60.7 Å². The molecule has 146 valence electrons. The number of ether oxygens (including phenoxy) is 2. The van der Waals surface area contributed by atoms with Crippen molar-refractivity contribution in [3.05, 3.63) is 71.8 Å². The number of fused-ring (bicyclic) bond motifs is 1. The predicted octanol–water partition coefficient (Wildman–Crippen LogP) is 3.61. The topological polar surface area (TPSA) is 86.5 Å². The molecule has 1 aliphatic heterocycles. The molecule has 1 aromatic heterocycles. The summed E-state index contributed by atoms with van der Waals surface area (Å²) < 4.78 is 10.8. The van der Waals surface area contributed by atoms with Crippen LogP contribution in [0.3, 0.4) is 0 Å². The SMILES string of the molecule is NCc1ccc(-c2cccc(NC(=O)C3(c4ccc5c(c4)OCO5)CC3)n2)cc1. The second kappa shape index (κ2) is 6.90. The molecule has 5 rings (SSSR count). The smallest absolute Gasteiger partial charge is 0.236 e. The zero-order valence-corrected chi connectivity index (χ0v) is 15.9. The Morgan fingerprint density at radius 1 is 1.03 bits per heavy atom. The van der Waals surface area contributed by atoms with Crippen LogP contribution in [0.4, 0.5) is 5.82 Å². The molecule has 1 saturated carbocycles. The maximum absolute atomic E-state index is 13.1. The number of benzene rings is 2. The second-order valence-corrected chi connectivity index (χ2v) is 7.41. The summed E-state index contributed by atoms with van der Waals surface area (Å²) in [5.41, 5.74) is 8.94. The van der Waals surface area contributed by atoms with Gasteiger partial charge in [0.05, 0.1) is 11.1 Å². The number of rotatable bonds is 5. The van der Waals surface area contributed by atoms with Crippen LogP contribution in [0.25, 0.3) is 11.3 Å². The first-order valence-electron chi connectivity index (χ1n) is 9.66. The van der Waals surface area contributed by atoms with Gasteiger partial charge in [0.2, 0.25) is 12.7 Å². The number of nitrogens with one attached hydrogen (secondary N) is 1. The zero-order valence-electron chi connectivity index (χ0n) is 15.9. The van der Waals surface area contributed by atoms with E-state index in [0.717, 1.165) is 41.0 Å². The maximum atomic E-state index is 13.1. The van der Waals surface area contributed by atoms with Gasteiger partial charge in [0.25, 0.3) is 0 Å². The highest BCUT2D eigenvalue weighted by atomic mass is 16.7. The van der Waals surface area contributed by atoms with E-state index in [0.29, 0.717) is 18.1 Å². The van der Waals surface area contributed by atoms with Crippen LogP contribution in [-0.4, -0.2) is 17.7 Å². The quantitative estimate of drug-likeness (QED) is 0.698. The molecule has 0 unspecified atom stereocenters. The molecular weight excluding hydrogens is 366 g/mol. The van der Waals surface area contributed by atoms with Gasteiger partial charge in [-0.15, -0.1) is 0 Å². The number of anilines is 1. The third-order valence-corrected chi connectivity index (χ3v) is 5.59.